The Balaban J connectivity index is 3.03. The molecule has 4 nitrogen and oxygen atoms in total. The number of allylic oxidation sites excluding steroid dienone is 4. The van der Waals surface area contributed by atoms with Gasteiger partial charge in [0.2, 0.25) is 0 Å². The van der Waals surface area contributed by atoms with Crippen molar-refractivity contribution in [3.63, 3.8) is 0 Å². The van der Waals surface area contributed by atoms with Crippen LogP contribution in [0.25, 0.3) is 0 Å². The minimum absolute atomic E-state index is 0.0909. The van der Waals surface area contributed by atoms with Crippen molar-refractivity contribution in [1.29, 1.82) is 0 Å². The predicted molar refractivity (Wildman–Crippen MR) is 99.4 cm³/mol. The molecular formula is C18H23IO4. The molecule has 1 aliphatic rings. The van der Waals surface area contributed by atoms with Crippen molar-refractivity contribution in [1.82, 2.24) is 0 Å². The van der Waals surface area contributed by atoms with E-state index in [-0.39, 0.29) is 5.78 Å². The van der Waals surface area contributed by atoms with Crippen LogP contribution in [0, 0.1) is 0 Å². The molecule has 1 aliphatic carbocycles. The second-order valence-corrected chi connectivity index (χ2v) is 6.64. The summed E-state index contributed by atoms with van der Waals surface area (Å²) in [5.41, 5.74) is 0.692. The summed E-state index contributed by atoms with van der Waals surface area (Å²) < 4.78 is 5.62. The number of esters is 1. The minimum atomic E-state index is -1.27. The molecule has 0 saturated carbocycles. The molecule has 23 heavy (non-hydrogen) atoms. The van der Waals surface area contributed by atoms with E-state index in [1.54, 1.807) is 26.0 Å². The van der Waals surface area contributed by atoms with Crippen molar-refractivity contribution in [2.24, 2.45) is 0 Å². The lowest BCUT2D eigenvalue weighted by Crippen LogP contribution is -2.33. The molecule has 0 aromatic rings. The highest BCUT2D eigenvalue weighted by Crippen LogP contribution is 2.34. The summed E-state index contributed by atoms with van der Waals surface area (Å²) in [6.45, 7) is 3.50. The third-order valence-corrected chi connectivity index (χ3v) is 4.49. The summed E-state index contributed by atoms with van der Waals surface area (Å²) in [4.78, 5) is 23.0. The largest absolute Gasteiger partial charge is 0.466 e. The first-order chi connectivity index (χ1) is 10.8. The van der Waals surface area contributed by atoms with Gasteiger partial charge in [0.25, 0.3) is 0 Å². The Labute approximate surface area is 151 Å². The average Bonchev–Trinajstić information content (AvgIpc) is 2.50. The van der Waals surface area contributed by atoms with Crippen LogP contribution in [0.2, 0.25) is 0 Å². The van der Waals surface area contributed by atoms with E-state index in [2.05, 4.69) is 27.3 Å². The van der Waals surface area contributed by atoms with Gasteiger partial charge in [-0.2, -0.15) is 0 Å². The highest BCUT2D eigenvalue weighted by Gasteiger charge is 2.33. The van der Waals surface area contributed by atoms with Gasteiger partial charge in [0.15, 0.2) is 5.78 Å². The number of halogens is 1. The molecular weight excluding hydrogens is 407 g/mol. The van der Waals surface area contributed by atoms with Gasteiger partial charge in [-0.15, -0.1) is 0 Å². The number of aliphatic hydroxyl groups is 1. The summed E-state index contributed by atoms with van der Waals surface area (Å²) in [7, 11) is 1.32. The molecule has 1 unspecified atom stereocenters. The first-order valence-corrected chi connectivity index (χ1v) is 9.03. The van der Waals surface area contributed by atoms with Crippen LogP contribution in [-0.4, -0.2) is 34.0 Å². The van der Waals surface area contributed by atoms with Gasteiger partial charge in [-0.1, -0.05) is 28.7 Å². The number of methoxy groups -OCH3 is 1. The van der Waals surface area contributed by atoms with E-state index in [4.69, 9.17) is 0 Å². The number of carbonyl (C=O) groups is 2. The maximum atomic E-state index is 11.8. The average molecular weight is 430 g/mol. The number of unbranched alkanes of at least 4 members (excludes halogenated alkanes) is 1. The van der Waals surface area contributed by atoms with Crippen LogP contribution in [0.1, 0.15) is 33.1 Å². The summed E-state index contributed by atoms with van der Waals surface area (Å²) in [6, 6.07) is 0. The van der Waals surface area contributed by atoms with Crippen LogP contribution >= 0.6 is 22.6 Å². The van der Waals surface area contributed by atoms with Gasteiger partial charge in [-0.25, -0.2) is 4.79 Å². The number of hydrogen-bond donors (Lipinski definition) is 1. The van der Waals surface area contributed by atoms with E-state index < -0.39 is 11.6 Å². The molecule has 0 aliphatic heterocycles. The normalized spacial score (nSPS) is 22.1. The smallest absolute Gasteiger partial charge is 0.330 e. The Hall–Kier alpha value is -1.21. The fraction of sp³-hybridized carbons (Fsp3) is 0.444. The van der Waals surface area contributed by atoms with Gasteiger partial charge in [-0.05, 0) is 72.5 Å². The van der Waals surface area contributed by atoms with Crippen molar-refractivity contribution in [3.05, 3.63) is 47.1 Å². The number of rotatable bonds is 7. The zero-order valence-corrected chi connectivity index (χ0v) is 15.9. The lowest BCUT2D eigenvalue weighted by atomic mass is 9.79. The van der Waals surface area contributed by atoms with Crippen LogP contribution in [0.5, 0.6) is 0 Å². The Bertz CT molecular complexity index is 584. The van der Waals surface area contributed by atoms with Crippen molar-refractivity contribution >= 4 is 34.3 Å². The van der Waals surface area contributed by atoms with Gasteiger partial charge >= 0.3 is 5.97 Å². The topological polar surface area (TPSA) is 63.6 Å². The standard InChI is InChI=1S/C18H23IO4/c1-13(10-17(21)23-3)7-8-18(22)14(2)11-16(20)12-15(18)6-4-5-9-19/h7-8,10-12,22H,4-6,9H2,1-3H3/b8-7+,13-10-. The Morgan fingerprint density at radius 2 is 2.09 bits per heavy atom. The summed E-state index contributed by atoms with van der Waals surface area (Å²) in [5.74, 6) is -0.532. The molecule has 0 heterocycles. The molecule has 0 saturated heterocycles. The summed E-state index contributed by atoms with van der Waals surface area (Å²) >= 11 is 2.31. The van der Waals surface area contributed by atoms with Crippen molar-refractivity contribution in [2.45, 2.75) is 38.7 Å². The van der Waals surface area contributed by atoms with E-state index in [1.807, 2.05) is 0 Å². The monoisotopic (exact) mass is 430 g/mol. The molecule has 126 valence electrons. The van der Waals surface area contributed by atoms with Crippen LogP contribution in [0.15, 0.2) is 47.1 Å². The third kappa shape index (κ3) is 5.73. The first-order valence-electron chi connectivity index (χ1n) is 7.51. The highest BCUT2D eigenvalue weighted by atomic mass is 127. The van der Waals surface area contributed by atoms with E-state index in [9.17, 15) is 14.7 Å². The lowest BCUT2D eigenvalue weighted by molar-refractivity contribution is -0.134. The summed E-state index contributed by atoms with van der Waals surface area (Å²) in [6.07, 6.45) is 10.3. The van der Waals surface area contributed by atoms with Gasteiger partial charge in [0.1, 0.15) is 5.60 Å². The number of hydrogen-bond acceptors (Lipinski definition) is 4. The quantitative estimate of drug-likeness (QED) is 0.168. The third-order valence-electron chi connectivity index (χ3n) is 3.73. The SMILES string of the molecule is COC(=O)/C=C(C)\C=C\C1(O)C(C)=CC(=O)C=C1CCCCI. The molecule has 0 amide bonds. The lowest BCUT2D eigenvalue weighted by Gasteiger charge is -2.31. The van der Waals surface area contributed by atoms with Crippen LogP contribution in [0.4, 0.5) is 0 Å². The van der Waals surface area contributed by atoms with E-state index >= 15 is 0 Å². The Morgan fingerprint density at radius 3 is 2.70 bits per heavy atom. The van der Waals surface area contributed by atoms with Gasteiger partial charge in [-0.3, -0.25) is 4.79 Å². The van der Waals surface area contributed by atoms with Gasteiger partial charge in [0, 0.05) is 6.08 Å². The molecule has 0 spiro atoms. The molecule has 1 rings (SSSR count). The second kappa shape index (κ2) is 9.17. The fourth-order valence-electron chi connectivity index (χ4n) is 2.36. The van der Waals surface area contributed by atoms with Gasteiger partial charge in [0.05, 0.1) is 7.11 Å². The van der Waals surface area contributed by atoms with Crippen LogP contribution in [-0.2, 0) is 14.3 Å². The predicted octanol–water partition coefficient (Wildman–Crippen LogP) is 3.45. The molecule has 0 aromatic heterocycles. The molecule has 0 aromatic carbocycles. The highest BCUT2D eigenvalue weighted by molar-refractivity contribution is 14.1. The minimum Gasteiger partial charge on any atom is -0.466 e. The maximum absolute atomic E-state index is 11.8. The maximum Gasteiger partial charge on any atom is 0.330 e. The zero-order valence-electron chi connectivity index (χ0n) is 13.8. The fourth-order valence-corrected chi connectivity index (χ4v) is 2.90. The van der Waals surface area contributed by atoms with E-state index in [1.165, 1.54) is 25.3 Å². The zero-order chi connectivity index (χ0) is 17.5. The molecule has 1 N–H and O–H groups in total. The Morgan fingerprint density at radius 1 is 1.39 bits per heavy atom. The van der Waals surface area contributed by atoms with Crippen molar-refractivity contribution in [2.75, 3.05) is 11.5 Å². The number of ketones is 1. The second-order valence-electron chi connectivity index (χ2n) is 5.56. The first kappa shape index (κ1) is 19.8. The van der Waals surface area contributed by atoms with Crippen molar-refractivity contribution in [3.8, 4) is 0 Å². The van der Waals surface area contributed by atoms with E-state index in [0.717, 1.165) is 17.3 Å². The molecule has 5 heteroatoms. The molecule has 1 atom stereocenters. The molecule has 0 bridgehead atoms. The Kier molecular flexibility index (Phi) is 7.91. The number of alkyl halides is 1. The summed E-state index contributed by atoms with van der Waals surface area (Å²) in [5, 5.41) is 11.0. The molecule has 0 radical (unpaired) electrons. The molecule has 0 fully saturated rings. The van der Waals surface area contributed by atoms with Gasteiger partial charge < -0.3 is 9.84 Å². The van der Waals surface area contributed by atoms with Crippen LogP contribution in [0.3, 0.4) is 0 Å². The number of ether oxygens (including phenoxy) is 1. The van der Waals surface area contributed by atoms with Crippen LogP contribution < -0.4 is 0 Å². The van der Waals surface area contributed by atoms with E-state index in [0.29, 0.717) is 23.1 Å². The number of carbonyl (C=O) groups excluding carboxylic acids is 2. The van der Waals surface area contributed by atoms with Crippen molar-refractivity contribution < 1.29 is 19.4 Å².